The number of benzene rings is 2. The zero-order valence-corrected chi connectivity index (χ0v) is 15.2. The number of para-hydroxylation sites is 1. The third-order valence-corrected chi connectivity index (χ3v) is 3.91. The number of esters is 1. The van der Waals surface area contributed by atoms with Crippen molar-refractivity contribution < 1.29 is 19.1 Å². The highest BCUT2D eigenvalue weighted by Gasteiger charge is 2.12. The van der Waals surface area contributed by atoms with Gasteiger partial charge in [-0.1, -0.05) is 48.5 Å². The first-order valence-corrected chi connectivity index (χ1v) is 8.80. The summed E-state index contributed by atoms with van der Waals surface area (Å²) in [5, 5.41) is 2.82. The van der Waals surface area contributed by atoms with Gasteiger partial charge in [-0.2, -0.15) is 0 Å². The molecule has 5 nitrogen and oxygen atoms in total. The molecule has 0 bridgehead atoms. The Bertz CT molecular complexity index is 715. The standard InChI is InChI=1S/C21H25NO4/c1-3-25-19-12-8-7-11-18(19)13-14-21(24)26-15-20(23)22-16(2)17-9-5-4-6-10-17/h4-12,16H,3,13-15H2,1-2H3,(H,22,23)/t16-/m1/s1. The van der Waals surface area contributed by atoms with E-state index >= 15 is 0 Å². The smallest absolute Gasteiger partial charge is 0.306 e. The summed E-state index contributed by atoms with van der Waals surface area (Å²) in [6, 6.07) is 17.1. The van der Waals surface area contributed by atoms with Crippen LogP contribution in [0.25, 0.3) is 0 Å². The fraction of sp³-hybridized carbons (Fsp3) is 0.333. The Labute approximate surface area is 154 Å². The van der Waals surface area contributed by atoms with Crippen LogP contribution in [0.2, 0.25) is 0 Å². The minimum Gasteiger partial charge on any atom is -0.494 e. The average molecular weight is 355 g/mol. The number of aryl methyl sites for hydroxylation is 1. The van der Waals surface area contributed by atoms with E-state index in [0.29, 0.717) is 13.0 Å². The van der Waals surface area contributed by atoms with Gasteiger partial charge in [0.1, 0.15) is 5.75 Å². The molecule has 1 N–H and O–H groups in total. The van der Waals surface area contributed by atoms with Crippen molar-refractivity contribution in [3.63, 3.8) is 0 Å². The lowest BCUT2D eigenvalue weighted by Gasteiger charge is -2.14. The number of carbonyl (C=O) groups excluding carboxylic acids is 2. The molecule has 2 aromatic rings. The van der Waals surface area contributed by atoms with Crippen LogP contribution in [0.15, 0.2) is 54.6 Å². The number of hydrogen-bond acceptors (Lipinski definition) is 4. The molecular weight excluding hydrogens is 330 g/mol. The van der Waals surface area contributed by atoms with Crippen molar-refractivity contribution in [2.75, 3.05) is 13.2 Å². The molecule has 0 aliphatic heterocycles. The predicted molar refractivity (Wildman–Crippen MR) is 99.9 cm³/mol. The maximum Gasteiger partial charge on any atom is 0.306 e. The topological polar surface area (TPSA) is 64.6 Å². The minimum absolute atomic E-state index is 0.138. The van der Waals surface area contributed by atoms with Crippen molar-refractivity contribution in [1.82, 2.24) is 5.32 Å². The molecule has 2 aromatic carbocycles. The first kappa shape index (κ1) is 19.5. The third-order valence-electron chi connectivity index (χ3n) is 3.91. The van der Waals surface area contributed by atoms with Crippen LogP contribution in [0, 0.1) is 0 Å². The van der Waals surface area contributed by atoms with Gasteiger partial charge in [-0.15, -0.1) is 0 Å². The molecule has 2 rings (SSSR count). The quantitative estimate of drug-likeness (QED) is 0.700. The molecule has 0 heterocycles. The van der Waals surface area contributed by atoms with E-state index in [2.05, 4.69) is 5.32 Å². The second-order valence-corrected chi connectivity index (χ2v) is 5.90. The van der Waals surface area contributed by atoms with Crippen molar-refractivity contribution in [2.24, 2.45) is 0 Å². The Morgan fingerprint density at radius 3 is 2.46 bits per heavy atom. The maximum absolute atomic E-state index is 11.9. The molecule has 0 saturated carbocycles. The molecule has 0 radical (unpaired) electrons. The van der Waals surface area contributed by atoms with Crippen molar-refractivity contribution in [3.05, 3.63) is 65.7 Å². The zero-order chi connectivity index (χ0) is 18.8. The van der Waals surface area contributed by atoms with Gasteiger partial charge in [0.25, 0.3) is 5.91 Å². The van der Waals surface area contributed by atoms with E-state index in [9.17, 15) is 9.59 Å². The first-order valence-electron chi connectivity index (χ1n) is 8.80. The van der Waals surface area contributed by atoms with Gasteiger partial charge in [0.05, 0.1) is 12.6 Å². The molecule has 0 saturated heterocycles. The Morgan fingerprint density at radius 2 is 1.73 bits per heavy atom. The van der Waals surface area contributed by atoms with Crippen LogP contribution in [-0.2, 0) is 20.7 Å². The highest BCUT2D eigenvalue weighted by atomic mass is 16.5. The van der Waals surface area contributed by atoms with Crippen molar-refractivity contribution in [1.29, 1.82) is 0 Å². The van der Waals surface area contributed by atoms with Crippen LogP contribution in [0.4, 0.5) is 0 Å². The average Bonchev–Trinajstić information content (AvgIpc) is 2.66. The van der Waals surface area contributed by atoms with Gasteiger partial charge >= 0.3 is 5.97 Å². The molecule has 0 fully saturated rings. The molecule has 0 unspecified atom stereocenters. The molecule has 0 aliphatic carbocycles. The van der Waals surface area contributed by atoms with E-state index in [0.717, 1.165) is 16.9 Å². The summed E-state index contributed by atoms with van der Waals surface area (Å²) < 4.78 is 10.6. The van der Waals surface area contributed by atoms with Gasteiger partial charge in [0, 0.05) is 6.42 Å². The summed E-state index contributed by atoms with van der Waals surface area (Å²) in [6.45, 7) is 4.10. The van der Waals surface area contributed by atoms with Crippen molar-refractivity contribution in [2.45, 2.75) is 32.7 Å². The molecule has 1 amide bonds. The predicted octanol–water partition coefficient (Wildman–Crippen LogP) is 3.44. The van der Waals surface area contributed by atoms with E-state index < -0.39 is 5.97 Å². The van der Waals surface area contributed by atoms with E-state index in [1.54, 1.807) is 0 Å². The second-order valence-electron chi connectivity index (χ2n) is 5.90. The Kier molecular flexibility index (Phi) is 7.68. The van der Waals surface area contributed by atoms with Crippen molar-refractivity contribution in [3.8, 4) is 5.75 Å². The number of ether oxygens (including phenoxy) is 2. The van der Waals surface area contributed by atoms with Crippen LogP contribution >= 0.6 is 0 Å². The molecular formula is C21H25NO4. The molecule has 0 aliphatic rings. The van der Waals surface area contributed by atoms with Crippen LogP contribution < -0.4 is 10.1 Å². The number of rotatable bonds is 9. The van der Waals surface area contributed by atoms with Crippen LogP contribution in [0.1, 0.15) is 37.4 Å². The van der Waals surface area contributed by atoms with Gasteiger partial charge in [-0.25, -0.2) is 0 Å². The lowest BCUT2D eigenvalue weighted by Crippen LogP contribution is -2.31. The Morgan fingerprint density at radius 1 is 1.04 bits per heavy atom. The van der Waals surface area contributed by atoms with Gasteiger partial charge in [-0.3, -0.25) is 9.59 Å². The number of nitrogens with one attached hydrogen (secondary N) is 1. The van der Waals surface area contributed by atoms with E-state index in [1.807, 2.05) is 68.4 Å². The van der Waals surface area contributed by atoms with Gasteiger partial charge in [-0.05, 0) is 37.5 Å². The van der Waals surface area contributed by atoms with Crippen LogP contribution in [0.5, 0.6) is 5.75 Å². The Balaban J connectivity index is 1.74. The summed E-state index contributed by atoms with van der Waals surface area (Å²) in [5.41, 5.74) is 1.95. The Hall–Kier alpha value is -2.82. The number of hydrogen-bond donors (Lipinski definition) is 1. The minimum atomic E-state index is -0.404. The van der Waals surface area contributed by atoms with E-state index in [1.165, 1.54) is 0 Å². The highest BCUT2D eigenvalue weighted by molar-refractivity contribution is 5.80. The van der Waals surface area contributed by atoms with E-state index in [4.69, 9.17) is 9.47 Å². The molecule has 5 heteroatoms. The van der Waals surface area contributed by atoms with Crippen molar-refractivity contribution >= 4 is 11.9 Å². The second kappa shape index (κ2) is 10.2. The van der Waals surface area contributed by atoms with E-state index in [-0.39, 0.29) is 25.0 Å². The fourth-order valence-electron chi connectivity index (χ4n) is 2.57. The summed E-state index contributed by atoms with van der Waals surface area (Å²) in [4.78, 5) is 23.8. The summed E-state index contributed by atoms with van der Waals surface area (Å²) in [5.74, 6) is 0.0560. The summed E-state index contributed by atoms with van der Waals surface area (Å²) in [6.07, 6.45) is 0.711. The lowest BCUT2D eigenvalue weighted by atomic mass is 10.1. The fourth-order valence-corrected chi connectivity index (χ4v) is 2.57. The largest absolute Gasteiger partial charge is 0.494 e. The first-order chi connectivity index (χ1) is 12.6. The molecule has 0 spiro atoms. The third kappa shape index (κ3) is 6.24. The van der Waals surface area contributed by atoms with Crippen LogP contribution in [-0.4, -0.2) is 25.1 Å². The van der Waals surface area contributed by atoms with Gasteiger partial charge in [0.2, 0.25) is 0 Å². The lowest BCUT2D eigenvalue weighted by molar-refractivity contribution is -0.148. The van der Waals surface area contributed by atoms with Gasteiger partial charge < -0.3 is 14.8 Å². The monoisotopic (exact) mass is 355 g/mol. The molecule has 138 valence electrons. The molecule has 0 aromatic heterocycles. The SMILES string of the molecule is CCOc1ccccc1CCC(=O)OCC(=O)N[C@H](C)c1ccccc1. The summed E-state index contributed by atoms with van der Waals surface area (Å²) >= 11 is 0. The number of carbonyl (C=O) groups is 2. The number of amides is 1. The molecule has 26 heavy (non-hydrogen) atoms. The van der Waals surface area contributed by atoms with Gasteiger partial charge in [0.15, 0.2) is 6.61 Å². The zero-order valence-electron chi connectivity index (χ0n) is 15.2. The van der Waals surface area contributed by atoms with Crippen LogP contribution in [0.3, 0.4) is 0 Å². The normalized spacial score (nSPS) is 11.5. The highest BCUT2D eigenvalue weighted by Crippen LogP contribution is 2.19. The maximum atomic E-state index is 11.9. The summed E-state index contributed by atoms with van der Waals surface area (Å²) in [7, 11) is 0. The molecule has 1 atom stereocenters.